The minimum atomic E-state index is -0.842. The van der Waals surface area contributed by atoms with E-state index < -0.39 is 12.1 Å². The van der Waals surface area contributed by atoms with E-state index in [1.807, 2.05) is 6.07 Å². The van der Waals surface area contributed by atoms with Gasteiger partial charge in [0, 0.05) is 16.8 Å². The summed E-state index contributed by atoms with van der Waals surface area (Å²) in [4.78, 5) is 10.7. The number of anilines is 1. The molecule has 0 bridgehead atoms. The van der Waals surface area contributed by atoms with E-state index in [1.54, 1.807) is 49.4 Å². The molecule has 0 saturated heterocycles. The summed E-state index contributed by atoms with van der Waals surface area (Å²) in [5, 5.41) is 30.5. The van der Waals surface area contributed by atoms with E-state index in [0.717, 1.165) is 6.29 Å². The average Bonchev–Trinajstić information content (AvgIpc) is 3.16. The number of halogens is 1. The van der Waals surface area contributed by atoms with E-state index in [0.29, 0.717) is 27.4 Å². The highest BCUT2D eigenvalue weighted by atomic mass is 35.5. The molecule has 2 N–H and O–H groups in total. The van der Waals surface area contributed by atoms with Crippen molar-refractivity contribution in [2.24, 2.45) is 0 Å². The van der Waals surface area contributed by atoms with Crippen LogP contribution in [0, 0.1) is 11.3 Å². The van der Waals surface area contributed by atoms with Gasteiger partial charge in [-0.1, -0.05) is 23.7 Å². The summed E-state index contributed by atoms with van der Waals surface area (Å²) in [6.07, 6.45) is -0.0933. The molecule has 0 amide bonds. The lowest BCUT2D eigenvalue weighted by Gasteiger charge is -2.19. The molecule has 0 fully saturated rings. The van der Waals surface area contributed by atoms with Crippen molar-refractivity contribution in [3.05, 3.63) is 64.5 Å². The summed E-state index contributed by atoms with van der Waals surface area (Å²) in [6.45, 7) is 1.59. The lowest BCUT2D eigenvalue weighted by molar-refractivity contribution is 0.112. The number of aliphatic hydroxyl groups is 1. The highest BCUT2D eigenvalue weighted by molar-refractivity contribution is 6.32. The highest BCUT2D eigenvalue weighted by Gasteiger charge is 2.24. The third-order valence-corrected chi connectivity index (χ3v) is 4.21. The molecule has 0 aliphatic rings. The molecule has 3 rings (SSSR count). The lowest BCUT2D eigenvalue weighted by Crippen LogP contribution is -2.23. The molecule has 2 atom stereocenters. The van der Waals surface area contributed by atoms with Gasteiger partial charge in [0.25, 0.3) is 0 Å². The summed E-state index contributed by atoms with van der Waals surface area (Å²) < 4.78 is 5.70. The van der Waals surface area contributed by atoms with Crippen LogP contribution in [0.4, 0.5) is 5.69 Å². The summed E-state index contributed by atoms with van der Waals surface area (Å²) >= 11 is 6.05. The number of hydrogen-bond acceptors (Lipinski definition) is 7. The molecule has 0 aliphatic carbocycles. The van der Waals surface area contributed by atoms with Crippen LogP contribution in [0.5, 0.6) is 0 Å². The van der Waals surface area contributed by atoms with Crippen molar-refractivity contribution in [2.75, 3.05) is 5.32 Å². The number of carbonyl (C=O) groups excluding carboxylic acids is 1. The normalized spacial score (nSPS) is 12.8. The van der Waals surface area contributed by atoms with Crippen LogP contribution in [0.15, 0.2) is 46.9 Å². The van der Waals surface area contributed by atoms with Gasteiger partial charge in [0.1, 0.15) is 18.4 Å². The first-order chi connectivity index (χ1) is 13.0. The molecule has 0 unspecified atom stereocenters. The second-order valence-corrected chi connectivity index (χ2v) is 6.26. The Morgan fingerprint density at radius 3 is 2.59 bits per heavy atom. The van der Waals surface area contributed by atoms with Crippen LogP contribution in [0.1, 0.15) is 34.8 Å². The van der Waals surface area contributed by atoms with E-state index in [9.17, 15) is 9.90 Å². The molecule has 0 aliphatic heterocycles. The Kier molecular flexibility index (Phi) is 5.50. The van der Waals surface area contributed by atoms with Crippen molar-refractivity contribution in [1.29, 1.82) is 5.26 Å². The van der Waals surface area contributed by atoms with Crippen LogP contribution < -0.4 is 5.32 Å². The number of rotatable bonds is 6. The van der Waals surface area contributed by atoms with E-state index in [2.05, 4.69) is 15.5 Å². The zero-order chi connectivity index (χ0) is 19.4. The predicted molar refractivity (Wildman–Crippen MR) is 99.3 cm³/mol. The Morgan fingerprint density at radius 2 is 2.00 bits per heavy atom. The third-order valence-electron chi connectivity index (χ3n) is 3.89. The van der Waals surface area contributed by atoms with Crippen LogP contribution in [0.25, 0.3) is 11.5 Å². The number of aldehydes is 1. The van der Waals surface area contributed by atoms with Gasteiger partial charge in [0.15, 0.2) is 0 Å². The first kappa shape index (κ1) is 18.6. The molecule has 8 heteroatoms. The maximum absolute atomic E-state index is 10.7. The molecular weight excluding hydrogens is 368 g/mol. The summed E-state index contributed by atoms with van der Waals surface area (Å²) in [5.41, 5.74) is 2.15. The fourth-order valence-electron chi connectivity index (χ4n) is 2.44. The Morgan fingerprint density at radius 1 is 1.26 bits per heavy atom. The molecule has 0 spiro atoms. The molecule has 3 aromatic rings. The summed E-state index contributed by atoms with van der Waals surface area (Å²) in [6, 6.07) is 12.9. The fraction of sp³-hybridized carbons (Fsp3) is 0.158. The first-order valence-electron chi connectivity index (χ1n) is 8.05. The van der Waals surface area contributed by atoms with Crippen LogP contribution in [0.2, 0.25) is 5.02 Å². The smallest absolute Gasteiger partial charge is 0.247 e. The van der Waals surface area contributed by atoms with Gasteiger partial charge in [0.05, 0.1) is 16.7 Å². The fourth-order valence-corrected chi connectivity index (χ4v) is 2.67. The van der Waals surface area contributed by atoms with Crippen molar-refractivity contribution in [3.63, 3.8) is 0 Å². The molecule has 1 heterocycles. The van der Waals surface area contributed by atoms with Crippen molar-refractivity contribution >= 4 is 23.6 Å². The Balaban J connectivity index is 1.85. The standard InChI is InChI=1S/C19H15ClN4O3/c1-11(26)17(22-15-7-6-14(9-21)16(20)8-15)19-24-23-18(27-19)13-4-2-12(10-25)3-5-13/h2-8,10-11,17,22,26H,1H3/t11-,17+/m0/s1. The minimum Gasteiger partial charge on any atom is -0.418 e. The van der Waals surface area contributed by atoms with Crippen molar-refractivity contribution < 1.29 is 14.3 Å². The molecule has 27 heavy (non-hydrogen) atoms. The van der Waals surface area contributed by atoms with E-state index in [1.165, 1.54) is 0 Å². The third kappa shape index (κ3) is 4.14. The van der Waals surface area contributed by atoms with Gasteiger partial charge in [0.2, 0.25) is 11.8 Å². The highest BCUT2D eigenvalue weighted by Crippen LogP contribution is 2.28. The van der Waals surface area contributed by atoms with Crippen LogP contribution >= 0.6 is 11.6 Å². The molecule has 1 aromatic heterocycles. The molecule has 0 radical (unpaired) electrons. The van der Waals surface area contributed by atoms with Gasteiger partial charge in [-0.15, -0.1) is 10.2 Å². The maximum atomic E-state index is 10.7. The SMILES string of the molecule is C[C@H](O)[C@@H](Nc1ccc(C#N)c(Cl)c1)c1nnc(-c2ccc(C=O)cc2)o1. The van der Waals surface area contributed by atoms with Crippen molar-refractivity contribution in [3.8, 4) is 17.5 Å². The number of hydrogen-bond donors (Lipinski definition) is 2. The zero-order valence-corrected chi connectivity index (χ0v) is 15.0. The predicted octanol–water partition coefficient (Wildman–Crippen LogP) is 3.61. The Bertz CT molecular complexity index is 993. The monoisotopic (exact) mass is 382 g/mol. The molecule has 0 saturated carbocycles. The lowest BCUT2D eigenvalue weighted by atomic mass is 10.1. The summed E-state index contributed by atoms with van der Waals surface area (Å²) in [5.74, 6) is 0.465. The van der Waals surface area contributed by atoms with Crippen LogP contribution in [0.3, 0.4) is 0 Å². The first-order valence-corrected chi connectivity index (χ1v) is 8.43. The van der Waals surface area contributed by atoms with Gasteiger partial charge >= 0.3 is 0 Å². The number of aliphatic hydroxyl groups excluding tert-OH is 1. The van der Waals surface area contributed by atoms with Gasteiger partial charge in [-0.25, -0.2) is 0 Å². The minimum absolute atomic E-state index is 0.194. The van der Waals surface area contributed by atoms with E-state index in [-0.39, 0.29) is 11.8 Å². The Hall–Kier alpha value is -3.21. The van der Waals surface area contributed by atoms with Gasteiger partial charge in [-0.05, 0) is 37.3 Å². The summed E-state index contributed by atoms with van der Waals surface area (Å²) in [7, 11) is 0. The quantitative estimate of drug-likeness (QED) is 0.626. The molecular formula is C19H15ClN4O3. The second-order valence-electron chi connectivity index (χ2n) is 5.85. The Labute approximate surface area is 160 Å². The van der Waals surface area contributed by atoms with Gasteiger partial charge in [-0.2, -0.15) is 5.26 Å². The van der Waals surface area contributed by atoms with Gasteiger partial charge in [-0.3, -0.25) is 4.79 Å². The van der Waals surface area contributed by atoms with Gasteiger partial charge < -0.3 is 14.8 Å². The molecule has 2 aromatic carbocycles. The van der Waals surface area contributed by atoms with Crippen molar-refractivity contribution in [2.45, 2.75) is 19.1 Å². The number of nitriles is 1. The topological polar surface area (TPSA) is 112 Å². The van der Waals surface area contributed by atoms with Crippen LogP contribution in [-0.4, -0.2) is 27.7 Å². The number of carbonyl (C=O) groups is 1. The zero-order valence-electron chi connectivity index (χ0n) is 14.3. The second kappa shape index (κ2) is 7.99. The van der Waals surface area contributed by atoms with Crippen LogP contribution in [-0.2, 0) is 0 Å². The molecule has 136 valence electrons. The average molecular weight is 383 g/mol. The van der Waals surface area contributed by atoms with Crippen molar-refractivity contribution in [1.82, 2.24) is 10.2 Å². The molecule has 7 nitrogen and oxygen atoms in total. The number of benzene rings is 2. The van der Waals surface area contributed by atoms with E-state index >= 15 is 0 Å². The largest absolute Gasteiger partial charge is 0.418 e. The van der Waals surface area contributed by atoms with E-state index in [4.69, 9.17) is 21.3 Å². The number of nitrogens with zero attached hydrogens (tertiary/aromatic N) is 3. The maximum Gasteiger partial charge on any atom is 0.247 e. The number of nitrogens with one attached hydrogen (secondary N) is 1. The number of aromatic nitrogens is 2.